The van der Waals surface area contributed by atoms with Gasteiger partial charge in [0.1, 0.15) is 5.82 Å². The molecule has 0 N–H and O–H groups in total. The fraction of sp³-hybridized carbons (Fsp3) is 0.462. The first kappa shape index (κ1) is 13.5. The maximum Gasteiger partial charge on any atom is 0.258 e. The molecule has 0 radical (unpaired) electrons. The molecule has 3 nitrogen and oxygen atoms in total. The molecule has 1 aromatic carbocycles. The van der Waals surface area contributed by atoms with Crippen molar-refractivity contribution in [1.29, 1.82) is 0 Å². The smallest absolute Gasteiger partial charge is 0.258 e. The molecule has 0 aliphatic carbocycles. The molecule has 1 amide bonds. The Labute approximate surface area is 114 Å². The van der Waals surface area contributed by atoms with E-state index in [4.69, 9.17) is 4.74 Å². The summed E-state index contributed by atoms with van der Waals surface area (Å²) >= 11 is 3.23. The van der Waals surface area contributed by atoms with Crippen LogP contribution in [0.4, 0.5) is 4.39 Å². The van der Waals surface area contributed by atoms with E-state index >= 15 is 0 Å². The molecule has 0 saturated carbocycles. The summed E-state index contributed by atoms with van der Waals surface area (Å²) in [5, 5.41) is 0. The fourth-order valence-electron chi connectivity index (χ4n) is 2.18. The molecule has 0 aromatic heterocycles. The number of methoxy groups -OCH3 is 1. The van der Waals surface area contributed by atoms with Crippen molar-refractivity contribution in [2.45, 2.75) is 18.9 Å². The van der Waals surface area contributed by atoms with Gasteiger partial charge in [-0.25, -0.2) is 4.39 Å². The van der Waals surface area contributed by atoms with E-state index in [9.17, 15) is 9.18 Å². The minimum absolute atomic E-state index is 0.0493. The summed E-state index contributed by atoms with van der Waals surface area (Å²) in [6, 6.07) is 4.55. The number of benzene rings is 1. The Kier molecular flexibility index (Phi) is 4.35. The SMILES string of the molecule is COC1CCCN(C(=O)c2c(F)cccc2Br)C1. The van der Waals surface area contributed by atoms with E-state index in [1.165, 1.54) is 6.07 Å². The molecule has 1 aromatic rings. The minimum atomic E-state index is -0.492. The van der Waals surface area contributed by atoms with E-state index in [2.05, 4.69) is 15.9 Å². The molecule has 1 atom stereocenters. The lowest BCUT2D eigenvalue weighted by Crippen LogP contribution is -2.43. The zero-order valence-electron chi connectivity index (χ0n) is 10.2. The Balaban J connectivity index is 2.20. The molecule has 2 rings (SSSR count). The fourth-order valence-corrected chi connectivity index (χ4v) is 2.69. The largest absolute Gasteiger partial charge is 0.380 e. The highest BCUT2D eigenvalue weighted by Crippen LogP contribution is 2.23. The Hall–Kier alpha value is -0.940. The van der Waals surface area contributed by atoms with E-state index in [-0.39, 0.29) is 17.6 Å². The van der Waals surface area contributed by atoms with Crippen LogP contribution in [0.5, 0.6) is 0 Å². The number of ether oxygens (including phenoxy) is 1. The number of halogens is 2. The van der Waals surface area contributed by atoms with Gasteiger partial charge in [0.05, 0.1) is 11.7 Å². The highest BCUT2D eigenvalue weighted by Gasteiger charge is 2.27. The van der Waals surface area contributed by atoms with Gasteiger partial charge >= 0.3 is 0 Å². The summed E-state index contributed by atoms with van der Waals surface area (Å²) in [4.78, 5) is 14.0. The second kappa shape index (κ2) is 5.80. The monoisotopic (exact) mass is 315 g/mol. The van der Waals surface area contributed by atoms with Crippen LogP contribution in [-0.4, -0.2) is 37.1 Å². The normalized spacial score (nSPS) is 19.9. The molecular formula is C13H15BrFNO2. The number of hydrogen-bond acceptors (Lipinski definition) is 2. The first-order valence-electron chi connectivity index (χ1n) is 5.89. The van der Waals surface area contributed by atoms with Crippen LogP contribution in [0.1, 0.15) is 23.2 Å². The van der Waals surface area contributed by atoms with Gasteiger partial charge in [-0.05, 0) is 40.9 Å². The number of carbonyl (C=O) groups excluding carboxylic acids is 1. The number of amides is 1. The maximum atomic E-state index is 13.7. The molecule has 18 heavy (non-hydrogen) atoms. The van der Waals surface area contributed by atoms with E-state index < -0.39 is 5.82 Å². The zero-order chi connectivity index (χ0) is 13.1. The Morgan fingerprint density at radius 2 is 2.33 bits per heavy atom. The summed E-state index contributed by atoms with van der Waals surface area (Å²) in [5.41, 5.74) is 0.106. The standard InChI is InChI=1S/C13H15BrFNO2/c1-18-9-4-3-7-16(8-9)13(17)12-10(14)5-2-6-11(12)15/h2,5-6,9H,3-4,7-8H2,1H3. The molecule has 1 heterocycles. The molecular weight excluding hydrogens is 301 g/mol. The van der Waals surface area contributed by atoms with Crippen LogP contribution in [0.2, 0.25) is 0 Å². The van der Waals surface area contributed by atoms with Crippen LogP contribution >= 0.6 is 15.9 Å². The Morgan fingerprint density at radius 3 is 3.00 bits per heavy atom. The summed E-state index contributed by atoms with van der Waals surface area (Å²) in [5.74, 6) is -0.768. The quantitative estimate of drug-likeness (QED) is 0.840. The lowest BCUT2D eigenvalue weighted by atomic mass is 10.1. The molecule has 0 spiro atoms. The Morgan fingerprint density at radius 1 is 1.56 bits per heavy atom. The highest BCUT2D eigenvalue weighted by molar-refractivity contribution is 9.10. The number of nitrogens with zero attached hydrogens (tertiary/aromatic N) is 1. The van der Waals surface area contributed by atoms with Gasteiger partial charge in [0.2, 0.25) is 0 Å². The third-order valence-electron chi connectivity index (χ3n) is 3.18. The number of piperidine rings is 1. The summed E-state index contributed by atoms with van der Waals surface area (Å²) < 4.78 is 19.5. The van der Waals surface area contributed by atoms with Crippen molar-refractivity contribution in [1.82, 2.24) is 4.90 Å². The lowest BCUT2D eigenvalue weighted by molar-refractivity contribution is 0.0266. The molecule has 5 heteroatoms. The predicted molar refractivity (Wildman–Crippen MR) is 70.0 cm³/mol. The second-order valence-electron chi connectivity index (χ2n) is 4.35. The second-order valence-corrected chi connectivity index (χ2v) is 5.20. The third kappa shape index (κ3) is 2.72. The van der Waals surface area contributed by atoms with Gasteiger partial charge in [0.15, 0.2) is 0 Å². The van der Waals surface area contributed by atoms with Crippen LogP contribution in [-0.2, 0) is 4.74 Å². The number of carbonyl (C=O) groups is 1. The van der Waals surface area contributed by atoms with E-state index in [1.54, 1.807) is 24.1 Å². The van der Waals surface area contributed by atoms with Gasteiger partial charge in [-0.1, -0.05) is 6.07 Å². The van der Waals surface area contributed by atoms with Crippen LogP contribution in [0.25, 0.3) is 0 Å². The lowest BCUT2D eigenvalue weighted by Gasteiger charge is -2.32. The summed E-state index contributed by atoms with van der Waals surface area (Å²) in [7, 11) is 1.64. The molecule has 98 valence electrons. The molecule has 1 aliphatic heterocycles. The van der Waals surface area contributed by atoms with Crippen molar-refractivity contribution in [3.8, 4) is 0 Å². The van der Waals surface area contributed by atoms with E-state index in [0.29, 0.717) is 17.6 Å². The third-order valence-corrected chi connectivity index (χ3v) is 3.84. The topological polar surface area (TPSA) is 29.5 Å². The first-order valence-corrected chi connectivity index (χ1v) is 6.69. The first-order chi connectivity index (χ1) is 8.63. The zero-order valence-corrected chi connectivity index (χ0v) is 11.7. The predicted octanol–water partition coefficient (Wildman–Crippen LogP) is 2.84. The minimum Gasteiger partial charge on any atom is -0.380 e. The highest BCUT2D eigenvalue weighted by atomic mass is 79.9. The molecule has 1 saturated heterocycles. The summed E-state index contributed by atoms with van der Waals surface area (Å²) in [6.07, 6.45) is 1.88. The molecule has 1 unspecified atom stereocenters. The summed E-state index contributed by atoms with van der Waals surface area (Å²) in [6.45, 7) is 1.18. The Bertz CT molecular complexity index is 432. The van der Waals surface area contributed by atoms with Crippen LogP contribution in [0.3, 0.4) is 0 Å². The van der Waals surface area contributed by atoms with Gasteiger partial charge in [-0.15, -0.1) is 0 Å². The van der Waals surface area contributed by atoms with Crippen LogP contribution in [0, 0.1) is 5.82 Å². The van der Waals surface area contributed by atoms with Crippen molar-refractivity contribution < 1.29 is 13.9 Å². The van der Waals surface area contributed by atoms with Gasteiger partial charge in [0.25, 0.3) is 5.91 Å². The van der Waals surface area contributed by atoms with Crippen LogP contribution in [0.15, 0.2) is 22.7 Å². The number of hydrogen-bond donors (Lipinski definition) is 0. The molecule has 1 aliphatic rings. The van der Waals surface area contributed by atoms with E-state index in [1.807, 2.05) is 0 Å². The van der Waals surface area contributed by atoms with E-state index in [0.717, 1.165) is 12.8 Å². The van der Waals surface area contributed by atoms with Gasteiger partial charge in [0, 0.05) is 24.7 Å². The number of rotatable bonds is 2. The van der Waals surface area contributed by atoms with Crippen molar-refractivity contribution in [2.24, 2.45) is 0 Å². The average molecular weight is 316 g/mol. The van der Waals surface area contributed by atoms with Gasteiger partial charge in [-0.3, -0.25) is 4.79 Å². The van der Waals surface area contributed by atoms with Crippen LogP contribution < -0.4 is 0 Å². The molecule has 1 fully saturated rings. The van der Waals surface area contributed by atoms with Gasteiger partial charge in [-0.2, -0.15) is 0 Å². The van der Waals surface area contributed by atoms with Crippen molar-refractivity contribution in [3.63, 3.8) is 0 Å². The van der Waals surface area contributed by atoms with Gasteiger partial charge < -0.3 is 9.64 Å². The van der Waals surface area contributed by atoms with Crippen molar-refractivity contribution in [3.05, 3.63) is 34.1 Å². The number of likely N-dealkylation sites (tertiary alicyclic amines) is 1. The van der Waals surface area contributed by atoms with Crippen molar-refractivity contribution in [2.75, 3.05) is 20.2 Å². The van der Waals surface area contributed by atoms with Crippen molar-refractivity contribution >= 4 is 21.8 Å². The molecule has 0 bridgehead atoms. The average Bonchev–Trinajstić information content (AvgIpc) is 2.38. The maximum absolute atomic E-state index is 13.7.